The third-order valence-electron chi connectivity index (χ3n) is 2.67. The summed E-state index contributed by atoms with van der Waals surface area (Å²) in [6.45, 7) is 2.41. The van der Waals surface area contributed by atoms with Crippen LogP contribution < -0.4 is 4.90 Å². The fraction of sp³-hybridized carbons (Fsp3) is 0.417. The third-order valence-corrected chi connectivity index (χ3v) is 3.17. The van der Waals surface area contributed by atoms with Gasteiger partial charge in [0.2, 0.25) is 5.91 Å². The van der Waals surface area contributed by atoms with E-state index in [1.165, 1.54) is 0 Å². The highest BCUT2D eigenvalue weighted by molar-refractivity contribution is 9.10. The average Bonchev–Trinajstić information content (AvgIpc) is 2.55. The lowest BCUT2D eigenvalue weighted by molar-refractivity contribution is -0.121. The minimum absolute atomic E-state index is 0.00291. The van der Waals surface area contributed by atoms with Crippen molar-refractivity contribution in [2.75, 3.05) is 18.1 Å². The summed E-state index contributed by atoms with van der Waals surface area (Å²) in [5.41, 5.74) is 1.84. The van der Waals surface area contributed by atoms with Crippen LogP contribution >= 0.6 is 15.9 Å². The number of halogens is 1. The van der Waals surface area contributed by atoms with Gasteiger partial charge in [-0.3, -0.25) is 4.79 Å². The molecule has 1 heterocycles. The monoisotopic (exact) mass is 299 g/mol. The lowest BCUT2D eigenvalue weighted by Crippen LogP contribution is -2.36. The molecule has 1 N–H and O–H groups in total. The number of anilines is 1. The van der Waals surface area contributed by atoms with Crippen LogP contribution in [0.3, 0.4) is 0 Å². The van der Waals surface area contributed by atoms with Crippen LogP contribution in [0.5, 0.6) is 0 Å². The van der Waals surface area contributed by atoms with Crippen molar-refractivity contribution >= 4 is 27.5 Å². The minimum Gasteiger partial charge on any atom is -0.366 e. The largest absolute Gasteiger partial charge is 0.366 e. The highest BCUT2D eigenvalue weighted by Gasteiger charge is 2.28. The third kappa shape index (κ3) is 2.68. The zero-order chi connectivity index (χ0) is 12.4. The van der Waals surface area contributed by atoms with Crippen molar-refractivity contribution in [3.8, 4) is 0 Å². The van der Waals surface area contributed by atoms with Gasteiger partial charge < -0.3 is 14.7 Å². The van der Waals surface area contributed by atoms with Gasteiger partial charge in [-0.1, -0.05) is 15.9 Å². The molecule has 1 amide bonds. The van der Waals surface area contributed by atoms with Gasteiger partial charge in [-0.2, -0.15) is 0 Å². The van der Waals surface area contributed by atoms with Gasteiger partial charge >= 0.3 is 0 Å². The first-order valence-electron chi connectivity index (χ1n) is 5.50. The Kier molecular flexibility index (Phi) is 3.81. The molecule has 1 atom stereocenters. The van der Waals surface area contributed by atoms with E-state index in [1.54, 1.807) is 11.8 Å². The number of carbonyl (C=O) groups is 1. The SMILES string of the molecule is CCOC(O)CN1C(=O)Cc2cc(Br)ccc21. The molecular formula is C12H14BrNO3. The maximum Gasteiger partial charge on any atom is 0.231 e. The number of aliphatic hydroxyl groups excluding tert-OH is 1. The van der Waals surface area contributed by atoms with Crippen LogP contribution in [0, 0.1) is 0 Å². The first-order valence-corrected chi connectivity index (χ1v) is 6.29. The summed E-state index contributed by atoms with van der Waals surface area (Å²) in [5.74, 6) is -0.00291. The van der Waals surface area contributed by atoms with Crippen molar-refractivity contribution in [2.45, 2.75) is 19.6 Å². The van der Waals surface area contributed by atoms with E-state index in [9.17, 15) is 9.90 Å². The Bertz CT molecular complexity index is 436. The predicted molar refractivity (Wildman–Crippen MR) is 67.8 cm³/mol. The topological polar surface area (TPSA) is 49.8 Å². The molecule has 0 radical (unpaired) electrons. The summed E-state index contributed by atoms with van der Waals surface area (Å²) in [6, 6.07) is 5.70. The Morgan fingerprint density at radius 3 is 3.06 bits per heavy atom. The predicted octanol–water partition coefficient (Wildman–Crippen LogP) is 1.69. The van der Waals surface area contributed by atoms with Crippen molar-refractivity contribution in [2.24, 2.45) is 0 Å². The van der Waals surface area contributed by atoms with Crippen LogP contribution in [0.4, 0.5) is 5.69 Å². The number of aliphatic hydroxyl groups is 1. The normalized spacial score (nSPS) is 16.2. The van der Waals surface area contributed by atoms with E-state index in [0.29, 0.717) is 13.0 Å². The van der Waals surface area contributed by atoms with E-state index in [4.69, 9.17) is 4.74 Å². The zero-order valence-electron chi connectivity index (χ0n) is 9.52. The van der Waals surface area contributed by atoms with Crippen molar-refractivity contribution in [1.29, 1.82) is 0 Å². The van der Waals surface area contributed by atoms with E-state index in [2.05, 4.69) is 15.9 Å². The highest BCUT2D eigenvalue weighted by Crippen LogP contribution is 2.31. The Labute approximate surface area is 108 Å². The Hall–Kier alpha value is -0.910. The molecule has 0 fully saturated rings. The molecule has 4 nitrogen and oxygen atoms in total. The van der Waals surface area contributed by atoms with E-state index < -0.39 is 6.29 Å². The molecule has 0 saturated heterocycles. The number of ether oxygens (including phenoxy) is 1. The smallest absolute Gasteiger partial charge is 0.231 e. The van der Waals surface area contributed by atoms with Gasteiger partial charge in [0.1, 0.15) is 0 Å². The van der Waals surface area contributed by atoms with Crippen molar-refractivity contribution < 1.29 is 14.6 Å². The molecule has 1 aromatic carbocycles. The number of nitrogens with zero attached hydrogens (tertiary/aromatic N) is 1. The Balaban J connectivity index is 2.17. The number of β-amino-alcohol motifs (C(OH)–C–C–N with tert-alkyl or cyclic N) is 1. The number of carbonyl (C=O) groups excluding carboxylic acids is 1. The van der Waals surface area contributed by atoms with Gasteiger partial charge in [0.25, 0.3) is 0 Å². The molecule has 0 bridgehead atoms. The number of benzene rings is 1. The molecule has 0 saturated carbocycles. The maximum atomic E-state index is 11.8. The van der Waals surface area contributed by atoms with Crippen molar-refractivity contribution in [3.63, 3.8) is 0 Å². The van der Waals surface area contributed by atoms with Gasteiger partial charge in [0.05, 0.1) is 13.0 Å². The van der Waals surface area contributed by atoms with Gasteiger partial charge in [-0.05, 0) is 30.7 Å². The first kappa shape index (κ1) is 12.5. The van der Waals surface area contributed by atoms with Crippen LogP contribution in [0.15, 0.2) is 22.7 Å². The van der Waals surface area contributed by atoms with E-state index in [-0.39, 0.29) is 12.5 Å². The molecule has 1 unspecified atom stereocenters. The fourth-order valence-corrected chi connectivity index (χ4v) is 2.36. The number of amides is 1. The molecule has 1 aromatic rings. The molecule has 5 heteroatoms. The minimum atomic E-state index is -0.932. The number of rotatable bonds is 4. The summed E-state index contributed by atoms with van der Waals surface area (Å²) in [4.78, 5) is 13.4. The van der Waals surface area contributed by atoms with Crippen LogP contribution in [-0.2, 0) is 16.0 Å². The molecule has 0 aliphatic carbocycles. The summed E-state index contributed by atoms with van der Waals surface area (Å²) < 4.78 is 6.00. The van der Waals surface area contributed by atoms with Crippen molar-refractivity contribution in [1.82, 2.24) is 0 Å². The van der Waals surface area contributed by atoms with Crippen LogP contribution in [-0.4, -0.2) is 30.5 Å². The lowest BCUT2D eigenvalue weighted by Gasteiger charge is -2.21. The average molecular weight is 300 g/mol. The molecule has 1 aliphatic rings. The van der Waals surface area contributed by atoms with Crippen LogP contribution in [0.2, 0.25) is 0 Å². The summed E-state index contributed by atoms with van der Waals surface area (Å²) in [6.07, 6.45) is -0.549. The summed E-state index contributed by atoms with van der Waals surface area (Å²) >= 11 is 3.38. The summed E-state index contributed by atoms with van der Waals surface area (Å²) in [7, 11) is 0. The fourth-order valence-electron chi connectivity index (χ4n) is 1.95. The second-order valence-electron chi connectivity index (χ2n) is 3.86. The van der Waals surface area contributed by atoms with E-state index in [0.717, 1.165) is 15.7 Å². The Morgan fingerprint density at radius 1 is 1.59 bits per heavy atom. The van der Waals surface area contributed by atoms with Gasteiger partial charge in [0, 0.05) is 16.8 Å². The Morgan fingerprint density at radius 2 is 2.35 bits per heavy atom. The number of hydrogen-bond acceptors (Lipinski definition) is 3. The first-order chi connectivity index (χ1) is 8.11. The van der Waals surface area contributed by atoms with Crippen molar-refractivity contribution in [3.05, 3.63) is 28.2 Å². The van der Waals surface area contributed by atoms with Crippen LogP contribution in [0.1, 0.15) is 12.5 Å². The standard InChI is InChI=1S/C12H14BrNO3/c1-2-17-12(16)7-14-10-4-3-9(13)5-8(10)6-11(14)15/h3-5,12,16H,2,6-7H2,1H3. The second kappa shape index (κ2) is 5.16. The maximum absolute atomic E-state index is 11.8. The zero-order valence-corrected chi connectivity index (χ0v) is 11.1. The molecule has 92 valence electrons. The van der Waals surface area contributed by atoms with Gasteiger partial charge in [-0.15, -0.1) is 0 Å². The highest BCUT2D eigenvalue weighted by atomic mass is 79.9. The van der Waals surface area contributed by atoms with Crippen LogP contribution in [0.25, 0.3) is 0 Å². The molecular weight excluding hydrogens is 286 g/mol. The number of fused-ring (bicyclic) bond motifs is 1. The lowest BCUT2D eigenvalue weighted by atomic mass is 10.2. The molecule has 0 aromatic heterocycles. The van der Waals surface area contributed by atoms with Gasteiger partial charge in [0.15, 0.2) is 6.29 Å². The second-order valence-corrected chi connectivity index (χ2v) is 4.78. The summed E-state index contributed by atoms with van der Waals surface area (Å²) in [5, 5.41) is 9.58. The quantitative estimate of drug-likeness (QED) is 0.861. The molecule has 2 rings (SSSR count). The van der Waals surface area contributed by atoms with E-state index in [1.807, 2.05) is 18.2 Å². The molecule has 1 aliphatic heterocycles. The van der Waals surface area contributed by atoms with E-state index >= 15 is 0 Å². The van der Waals surface area contributed by atoms with Gasteiger partial charge in [-0.25, -0.2) is 0 Å². The molecule has 0 spiro atoms. The number of hydrogen-bond donors (Lipinski definition) is 1. The molecule has 17 heavy (non-hydrogen) atoms.